The van der Waals surface area contributed by atoms with Crippen molar-refractivity contribution < 1.29 is 13.9 Å². The van der Waals surface area contributed by atoms with E-state index < -0.39 is 0 Å². The van der Waals surface area contributed by atoms with E-state index in [1.165, 1.54) is 23.3 Å². The average molecular weight is 368 g/mol. The molecular weight excluding hydrogens is 343 g/mol. The van der Waals surface area contributed by atoms with Crippen molar-refractivity contribution in [3.05, 3.63) is 65.5 Å². The minimum Gasteiger partial charge on any atom is -0.362 e. The zero-order valence-corrected chi connectivity index (χ0v) is 15.7. The first-order chi connectivity index (χ1) is 13.0. The van der Waals surface area contributed by atoms with Crippen LogP contribution in [0, 0.1) is 12.7 Å². The van der Waals surface area contributed by atoms with Crippen molar-refractivity contribution in [3.63, 3.8) is 0 Å². The summed E-state index contributed by atoms with van der Waals surface area (Å²) in [5.41, 5.74) is 3.00. The molecule has 0 saturated carbocycles. The van der Waals surface area contributed by atoms with Gasteiger partial charge in [-0.3, -0.25) is 9.69 Å². The van der Waals surface area contributed by atoms with Crippen LogP contribution in [0.1, 0.15) is 24.0 Å². The number of ether oxygens (including phenoxy) is 1. The third kappa shape index (κ3) is 3.89. The number of halogens is 1. The maximum Gasteiger partial charge on any atom is 0.253 e. The van der Waals surface area contributed by atoms with Gasteiger partial charge in [0.1, 0.15) is 12.4 Å². The van der Waals surface area contributed by atoms with Crippen molar-refractivity contribution in [1.82, 2.24) is 4.90 Å². The van der Waals surface area contributed by atoms with Crippen LogP contribution in [-0.4, -0.2) is 42.6 Å². The molecule has 5 heteroatoms. The van der Waals surface area contributed by atoms with Gasteiger partial charge in [0.2, 0.25) is 0 Å². The molecule has 2 aromatic carbocycles. The molecule has 2 aliphatic rings. The molecule has 2 aliphatic heterocycles. The van der Waals surface area contributed by atoms with Crippen molar-refractivity contribution in [2.24, 2.45) is 0 Å². The number of carbonyl (C=O) groups excluding carboxylic acids is 1. The van der Waals surface area contributed by atoms with E-state index >= 15 is 0 Å². The Morgan fingerprint density at radius 2 is 1.89 bits per heavy atom. The molecule has 2 heterocycles. The summed E-state index contributed by atoms with van der Waals surface area (Å²) in [7, 11) is 0. The molecule has 0 bridgehead atoms. The first-order valence-electron chi connectivity index (χ1n) is 9.51. The van der Waals surface area contributed by atoms with Gasteiger partial charge in [-0.05, 0) is 61.7 Å². The number of hydrogen-bond acceptors (Lipinski definition) is 3. The summed E-state index contributed by atoms with van der Waals surface area (Å²) >= 11 is 0. The van der Waals surface area contributed by atoms with Crippen molar-refractivity contribution in [3.8, 4) is 0 Å². The minimum atomic E-state index is -0.358. The molecule has 2 fully saturated rings. The first kappa shape index (κ1) is 18.1. The predicted molar refractivity (Wildman–Crippen MR) is 103 cm³/mol. The van der Waals surface area contributed by atoms with Gasteiger partial charge in [0.15, 0.2) is 0 Å². The maximum absolute atomic E-state index is 13.3. The van der Waals surface area contributed by atoms with Crippen LogP contribution in [0.2, 0.25) is 0 Å². The van der Waals surface area contributed by atoms with E-state index in [1.807, 2.05) is 0 Å². The highest BCUT2D eigenvalue weighted by Gasteiger charge is 2.43. The van der Waals surface area contributed by atoms with Gasteiger partial charge in [-0.15, -0.1) is 0 Å². The molecule has 1 amide bonds. The Morgan fingerprint density at radius 1 is 1.11 bits per heavy atom. The van der Waals surface area contributed by atoms with E-state index in [1.54, 1.807) is 17.0 Å². The Balaban J connectivity index is 1.51. The van der Waals surface area contributed by atoms with E-state index in [0.29, 0.717) is 6.54 Å². The van der Waals surface area contributed by atoms with Crippen LogP contribution < -0.4 is 4.90 Å². The molecule has 1 atom stereocenters. The Kier molecular flexibility index (Phi) is 4.98. The van der Waals surface area contributed by atoms with Gasteiger partial charge in [0, 0.05) is 18.8 Å². The van der Waals surface area contributed by atoms with Gasteiger partial charge in [0.25, 0.3) is 5.91 Å². The number of piperidine rings is 1. The predicted octanol–water partition coefficient (Wildman–Crippen LogP) is 3.53. The number of nitrogens with zero attached hydrogens (tertiary/aromatic N) is 2. The SMILES string of the molecule is Cc1ccccc1CN1CCCC2(C1)CN(c1ccc(F)cc1)C(=O)CO2. The summed E-state index contributed by atoms with van der Waals surface area (Å²) in [6, 6.07) is 14.6. The summed E-state index contributed by atoms with van der Waals surface area (Å²) in [4.78, 5) is 16.6. The number of rotatable bonds is 3. The summed E-state index contributed by atoms with van der Waals surface area (Å²) < 4.78 is 19.3. The van der Waals surface area contributed by atoms with Crippen LogP contribution in [0.5, 0.6) is 0 Å². The van der Waals surface area contributed by atoms with Crippen LogP contribution in [0.15, 0.2) is 48.5 Å². The Labute approximate surface area is 159 Å². The lowest BCUT2D eigenvalue weighted by Crippen LogP contribution is -2.61. The molecule has 0 aliphatic carbocycles. The van der Waals surface area contributed by atoms with Gasteiger partial charge in [-0.1, -0.05) is 24.3 Å². The fourth-order valence-corrected chi connectivity index (χ4v) is 4.17. The molecule has 27 heavy (non-hydrogen) atoms. The quantitative estimate of drug-likeness (QED) is 0.831. The second-order valence-electron chi connectivity index (χ2n) is 7.67. The highest BCUT2D eigenvalue weighted by molar-refractivity contribution is 5.95. The van der Waals surface area contributed by atoms with E-state index in [4.69, 9.17) is 4.74 Å². The highest BCUT2D eigenvalue weighted by atomic mass is 19.1. The van der Waals surface area contributed by atoms with Crippen molar-refractivity contribution in [2.45, 2.75) is 31.9 Å². The number of anilines is 1. The standard InChI is InChI=1S/C22H25FN2O2/c1-17-5-2-3-6-18(17)13-24-12-4-11-22(15-24)16-25(21(26)14-27-22)20-9-7-19(23)8-10-20/h2-3,5-10H,4,11-16H2,1H3. The summed E-state index contributed by atoms with van der Waals surface area (Å²) in [6.07, 6.45) is 1.97. The van der Waals surface area contributed by atoms with Gasteiger partial charge in [0.05, 0.1) is 12.1 Å². The van der Waals surface area contributed by atoms with Gasteiger partial charge in [-0.25, -0.2) is 4.39 Å². The Bertz CT molecular complexity index is 823. The number of amides is 1. The number of carbonyl (C=O) groups is 1. The summed E-state index contributed by atoms with van der Waals surface area (Å²) in [5, 5.41) is 0. The van der Waals surface area contributed by atoms with E-state index in [9.17, 15) is 9.18 Å². The van der Waals surface area contributed by atoms with Crippen molar-refractivity contribution >= 4 is 11.6 Å². The molecule has 4 nitrogen and oxygen atoms in total. The smallest absolute Gasteiger partial charge is 0.253 e. The van der Waals surface area contributed by atoms with Gasteiger partial charge < -0.3 is 9.64 Å². The number of aryl methyl sites for hydroxylation is 1. The summed E-state index contributed by atoms with van der Waals surface area (Å²) in [5.74, 6) is -0.362. The van der Waals surface area contributed by atoms with Crippen LogP contribution in [0.4, 0.5) is 10.1 Å². The molecule has 1 spiro atoms. The van der Waals surface area contributed by atoms with E-state index in [2.05, 4.69) is 36.1 Å². The largest absolute Gasteiger partial charge is 0.362 e. The zero-order chi connectivity index (χ0) is 18.9. The van der Waals surface area contributed by atoms with Crippen LogP contribution in [0.25, 0.3) is 0 Å². The summed E-state index contributed by atoms with van der Waals surface area (Å²) in [6.45, 7) is 5.46. The lowest BCUT2D eigenvalue weighted by Gasteiger charge is -2.47. The third-order valence-electron chi connectivity index (χ3n) is 5.66. The maximum atomic E-state index is 13.3. The van der Waals surface area contributed by atoms with Crippen LogP contribution in [0.3, 0.4) is 0 Å². The van der Waals surface area contributed by atoms with Crippen molar-refractivity contribution in [2.75, 3.05) is 31.1 Å². The molecule has 142 valence electrons. The van der Waals surface area contributed by atoms with Gasteiger partial charge in [-0.2, -0.15) is 0 Å². The van der Waals surface area contributed by atoms with E-state index in [0.717, 1.165) is 38.2 Å². The lowest BCUT2D eigenvalue weighted by atomic mass is 9.90. The second kappa shape index (κ2) is 7.41. The monoisotopic (exact) mass is 368 g/mol. The molecule has 0 N–H and O–H groups in total. The second-order valence-corrected chi connectivity index (χ2v) is 7.67. The van der Waals surface area contributed by atoms with Crippen LogP contribution >= 0.6 is 0 Å². The lowest BCUT2D eigenvalue weighted by molar-refractivity contribution is -0.146. The zero-order valence-electron chi connectivity index (χ0n) is 15.7. The first-order valence-corrected chi connectivity index (χ1v) is 9.51. The normalized spacial score (nSPS) is 23.8. The topological polar surface area (TPSA) is 32.8 Å². The molecule has 0 aromatic heterocycles. The highest BCUT2D eigenvalue weighted by Crippen LogP contribution is 2.32. The fraction of sp³-hybridized carbons (Fsp3) is 0.409. The fourth-order valence-electron chi connectivity index (χ4n) is 4.17. The number of benzene rings is 2. The van der Waals surface area contributed by atoms with Crippen LogP contribution in [-0.2, 0) is 16.1 Å². The van der Waals surface area contributed by atoms with Gasteiger partial charge >= 0.3 is 0 Å². The van der Waals surface area contributed by atoms with Crippen molar-refractivity contribution in [1.29, 1.82) is 0 Å². The number of morpholine rings is 1. The molecule has 1 unspecified atom stereocenters. The molecule has 2 aromatic rings. The third-order valence-corrected chi connectivity index (χ3v) is 5.66. The molecular formula is C22H25FN2O2. The van der Waals surface area contributed by atoms with E-state index in [-0.39, 0.29) is 23.9 Å². The molecule has 0 radical (unpaired) electrons. The molecule has 4 rings (SSSR count). The molecule has 2 saturated heterocycles. The Morgan fingerprint density at radius 3 is 2.67 bits per heavy atom. The minimum absolute atomic E-state index is 0.0664. The average Bonchev–Trinajstić information content (AvgIpc) is 2.67. The number of likely N-dealkylation sites (tertiary alicyclic amines) is 1. The number of hydrogen-bond donors (Lipinski definition) is 0. The Hall–Kier alpha value is -2.24.